The lowest BCUT2D eigenvalue weighted by Gasteiger charge is -2.08. The Balaban J connectivity index is 2.40. The van der Waals surface area contributed by atoms with Crippen LogP contribution in [0.1, 0.15) is 17.0 Å². The number of rotatable bonds is 4. The molecular formula is C14H15N5O4. The number of nitrogens with zero attached hydrogens (tertiary/aromatic N) is 3. The third-order valence-corrected chi connectivity index (χ3v) is 3.04. The van der Waals surface area contributed by atoms with Crippen LogP contribution in [0.25, 0.3) is 5.95 Å². The zero-order valence-electron chi connectivity index (χ0n) is 12.7. The number of hydrogen-bond donors (Lipinski definition) is 3. The Hall–Kier alpha value is -3.23. The van der Waals surface area contributed by atoms with Gasteiger partial charge in [0.2, 0.25) is 11.9 Å². The van der Waals surface area contributed by atoms with Crippen LogP contribution in [0.4, 0.5) is 5.82 Å². The van der Waals surface area contributed by atoms with E-state index in [0.717, 1.165) is 12.2 Å². The minimum atomic E-state index is -1.23. The Morgan fingerprint density at radius 1 is 1.30 bits per heavy atom. The number of nitrogens with one attached hydrogen (secondary N) is 2. The van der Waals surface area contributed by atoms with Gasteiger partial charge in [-0.1, -0.05) is 0 Å². The van der Waals surface area contributed by atoms with Gasteiger partial charge in [0, 0.05) is 29.5 Å². The molecular weight excluding hydrogens is 302 g/mol. The number of aromatic amines is 1. The topological polar surface area (TPSA) is 130 Å². The van der Waals surface area contributed by atoms with Crippen LogP contribution in [-0.4, -0.2) is 36.7 Å². The second kappa shape index (κ2) is 6.26. The molecule has 0 bridgehead atoms. The summed E-state index contributed by atoms with van der Waals surface area (Å²) < 4.78 is 1.27. The number of carbonyl (C=O) groups is 2. The Labute approximate surface area is 130 Å². The third-order valence-electron chi connectivity index (χ3n) is 3.04. The fraction of sp³-hybridized carbons (Fsp3) is 0.214. The molecule has 9 nitrogen and oxygen atoms in total. The molecule has 9 heteroatoms. The molecule has 0 aliphatic heterocycles. The van der Waals surface area contributed by atoms with Crippen molar-refractivity contribution in [3.05, 3.63) is 45.5 Å². The molecule has 0 aliphatic carbocycles. The van der Waals surface area contributed by atoms with Gasteiger partial charge in [-0.2, -0.15) is 9.78 Å². The Morgan fingerprint density at radius 3 is 2.61 bits per heavy atom. The van der Waals surface area contributed by atoms with E-state index in [1.54, 1.807) is 26.8 Å². The van der Waals surface area contributed by atoms with Gasteiger partial charge in [0.05, 0.1) is 5.69 Å². The molecule has 2 rings (SSSR count). The van der Waals surface area contributed by atoms with Gasteiger partial charge >= 0.3 is 5.97 Å². The molecule has 0 saturated carbocycles. The van der Waals surface area contributed by atoms with Gasteiger partial charge in [0.15, 0.2) is 0 Å². The van der Waals surface area contributed by atoms with Crippen molar-refractivity contribution in [2.75, 3.05) is 5.32 Å². The second-order valence-electron chi connectivity index (χ2n) is 4.84. The highest BCUT2D eigenvalue weighted by atomic mass is 16.4. The van der Waals surface area contributed by atoms with Crippen molar-refractivity contribution in [1.82, 2.24) is 19.7 Å². The highest BCUT2D eigenvalue weighted by Gasteiger charge is 2.13. The van der Waals surface area contributed by atoms with Gasteiger partial charge in [0.1, 0.15) is 5.82 Å². The summed E-state index contributed by atoms with van der Waals surface area (Å²) >= 11 is 0. The quantitative estimate of drug-likeness (QED) is 0.702. The Kier molecular flexibility index (Phi) is 4.39. The number of aryl methyl sites for hydroxylation is 2. The maximum absolute atomic E-state index is 11.9. The van der Waals surface area contributed by atoms with Crippen molar-refractivity contribution < 1.29 is 14.7 Å². The number of anilines is 1. The second-order valence-corrected chi connectivity index (χ2v) is 4.84. The standard InChI is InChI=1S/C14H15N5O4/c1-7-6-10(16-11(20)4-5-12(21)22)19(18-7)14-15-9(3)8(2)13(23)17-14/h4-6H,1-3H3,(H,16,20)(H,21,22)(H,15,17,23)/b5-4+. The minimum absolute atomic E-state index is 0.156. The largest absolute Gasteiger partial charge is 0.478 e. The van der Waals surface area contributed by atoms with E-state index in [1.807, 2.05) is 0 Å². The highest BCUT2D eigenvalue weighted by Crippen LogP contribution is 2.14. The van der Waals surface area contributed by atoms with Gasteiger partial charge in [-0.3, -0.25) is 14.6 Å². The van der Waals surface area contributed by atoms with Crippen LogP contribution in [0, 0.1) is 20.8 Å². The average Bonchev–Trinajstić information content (AvgIpc) is 2.82. The molecule has 0 fully saturated rings. The number of H-pyrrole nitrogens is 1. The average molecular weight is 317 g/mol. The molecule has 2 aromatic heterocycles. The first-order valence-corrected chi connectivity index (χ1v) is 6.64. The summed E-state index contributed by atoms with van der Waals surface area (Å²) in [5, 5.41) is 15.2. The summed E-state index contributed by atoms with van der Waals surface area (Å²) in [7, 11) is 0. The molecule has 0 radical (unpaired) electrons. The van der Waals surface area contributed by atoms with Crippen molar-refractivity contribution in [1.29, 1.82) is 0 Å². The van der Waals surface area contributed by atoms with Gasteiger partial charge < -0.3 is 10.4 Å². The predicted octanol–water partition coefficient (Wildman–Crippen LogP) is 0.460. The van der Waals surface area contributed by atoms with Crippen LogP contribution in [0.2, 0.25) is 0 Å². The lowest BCUT2D eigenvalue weighted by Crippen LogP contribution is -2.20. The van der Waals surface area contributed by atoms with Gasteiger partial charge in [-0.15, -0.1) is 0 Å². The summed E-state index contributed by atoms with van der Waals surface area (Å²) in [5.74, 6) is -1.46. The zero-order chi connectivity index (χ0) is 17.1. The van der Waals surface area contributed by atoms with Crippen LogP contribution in [-0.2, 0) is 9.59 Å². The molecule has 23 heavy (non-hydrogen) atoms. The van der Waals surface area contributed by atoms with E-state index >= 15 is 0 Å². The van der Waals surface area contributed by atoms with Crippen molar-refractivity contribution >= 4 is 17.7 Å². The van der Waals surface area contributed by atoms with E-state index in [1.165, 1.54) is 4.68 Å². The van der Waals surface area contributed by atoms with E-state index in [-0.39, 0.29) is 17.3 Å². The molecule has 1 amide bonds. The number of aliphatic carboxylic acids is 1. The molecule has 3 N–H and O–H groups in total. The molecule has 0 aliphatic rings. The number of aromatic nitrogens is 4. The van der Waals surface area contributed by atoms with Gasteiger partial charge in [-0.05, 0) is 20.8 Å². The molecule has 0 unspecified atom stereocenters. The van der Waals surface area contributed by atoms with E-state index in [0.29, 0.717) is 17.0 Å². The van der Waals surface area contributed by atoms with Crippen molar-refractivity contribution in [2.45, 2.75) is 20.8 Å². The lowest BCUT2D eigenvalue weighted by molar-refractivity contribution is -0.131. The van der Waals surface area contributed by atoms with E-state index in [9.17, 15) is 14.4 Å². The number of carboxylic acid groups (broad SMARTS) is 1. The van der Waals surface area contributed by atoms with E-state index < -0.39 is 11.9 Å². The fourth-order valence-electron chi connectivity index (χ4n) is 1.80. The molecule has 0 atom stereocenters. The predicted molar refractivity (Wildman–Crippen MR) is 81.6 cm³/mol. The van der Waals surface area contributed by atoms with E-state index in [2.05, 4.69) is 20.4 Å². The SMILES string of the molecule is Cc1cc(NC(=O)/C=C/C(=O)O)n(-c2nc(C)c(C)c(=O)[nH]2)n1. The van der Waals surface area contributed by atoms with Crippen LogP contribution in [0.15, 0.2) is 23.0 Å². The zero-order valence-corrected chi connectivity index (χ0v) is 12.7. The summed E-state index contributed by atoms with van der Waals surface area (Å²) in [5.41, 5.74) is 1.32. The van der Waals surface area contributed by atoms with E-state index in [4.69, 9.17) is 5.11 Å². The van der Waals surface area contributed by atoms with Crippen molar-refractivity contribution in [3.63, 3.8) is 0 Å². The summed E-state index contributed by atoms with van der Waals surface area (Å²) in [4.78, 5) is 40.8. The third kappa shape index (κ3) is 3.70. The molecule has 120 valence electrons. The van der Waals surface area contributed by atoms with Crippen LogP contribution < -0.4 is 10.9 Å². The Bertz CT molecular complexity index is 863. The lowest BCUT2D eigenvalue weighted by atomic mass is 10.3. The van der Waals surface area contributed by atoms with Crippen molar-refractivity contribution in [2.24, 2.45) is 0 Å². The van der Waals surface area contributed by atoms with Gasteiger partial charge in [0.25, 0.3) is 5.56 Å². The first kappa shape index (κ1) is 16.1. The number of amides is 1. The summed E-state index contributed by atoms with van der Waals surface area (Å²) in [6.07, 6.45) is 1.60. The summed E-state index contributed by atoms with van der Waals surface area (Å²) in [6.45, 7) is 5.05. The fourth-order valence-corrected chi connectivity index (χ4v) is 1.80. The monoisotopic (exact) mass is 317 g/mol. The maximum Gasteiger partial charge on any atom is 0.328 e. The number of carboxylic acids is 1. The first-order valence-electron chi connectivity index (χ1n) is 6.64. The van der Waals surface area contributed by atoms with Crippen molar-refractivity contribution in [3.8, 4) is 5.95 Å². The molecule has 0 saturated heterocycles. The molecule has 2 aromatic rings. The number of hydrogen-bond acceptors (Lipinski definition) is 5. The highest BCUT2D eigenvalue weighted by molar-refractivity contribution is 6.01. The molecule has 0 aromatic carbocycles. The van der Waals surface area contributed by atoms with Crippen LogP contribution in [0.5, 0.6) is 0 Å². The van der Waals surface area contributed by atoms with Crippen LogP contribution >= 0.6 is 0 Å². The summed E-state index contributed by atoms with van der Waals surface area (Å²) in [6, 6.07) is 1.57. The molecule has 0 spiro atoms. The maximum atomic E-state index is 11.9. The minimum Gasteiger partial charge on any atom is -0.478 e. The molecule has 2 heterocycles. The van der Waals surface area contributed by atoms with Gasteiger partial charge in [-0.25, -0.2) is 9.78 Å². The van der Waals surface area contributed by atoms with Crippen LogP contribution in [0.3, 0.4) is 0 Å². The Morgan fingerprint density at radius 2 is 2.00 bits per heavy atom. The number of carbonyl (C=O) groups excluding carboxylic acids is 1. The normalized spacial score (nSPS) is 10.9. The first-order chi connectivity index (χ1) is 10.8. The smallest absolute Gasteiger partial charge is 0.328 e.